The quantitative estimate of drug-likeness (QED) is 0.557. The molecule has 0 aliphatic carbocycles. The number of piperazine rings is 1. The molecular weight excluding hydrogens is 390 g/mol. The summed E-state index contributed by atoms with van der Waals surface area (Å²) < 4.78 is 0. The molecule has 0 saturated carbocycles. The number of nitrogens with zero attached hydrogens (tertiary/aromatic N) is 5. The zero-order valence-corrected chi connectivity index (χ0v) is 16.8. The van der Waals surface area contributed by atoms with Crippen molar-refractivity contribution in [1.29, 1.82) is 0 Å². The number of benzene rings is 2. The lowest BCUT2D eigenvalue weighted by molar-refractivity contribution is 0.0746. The van der Waals surface area contributed by atoms with Gasteiger partial charge in [0.25, 0.3) is 5.91 Å². The molecule has 1 aliphatic rings. The van der Waals surface area contributed by atoms with Crippen molar-refractivity contribution in [2.75, 3.05) is 31.1 Å². The highest BCUT2D eigenvalue weighted by Gasteiger charge is 2.25. The van der Waals surface area contributed by atoms with E-state index in [1.165, 1.54) is 6.07 Å². The van der Waals surface area contributed by atoms with Gasteiger partial charge < -0.3 is 14.9 Å². The van der Waals surface area contributed by atoms with E-state index >= 15 is 0 Å². The Labute approximate surface area is 179 Å². The van der Waals surface area contributed by atoms with Gasteiger partial charge in [-0.25, -0.2) is 9.97 Å². The number of hydrogen-bond donors (Lipinski definition) is 1. The summed E-state index contributed by atoms with van der Waals surface area (Å²) in [6, 6.07) is 18.3. The van der Waals surface area contributed by atoms with Crippen LogP contribution in [0, 0.1) is 0 Å². The highest BCUT2D eigenvalue weighted by Crippen LogP contribution is 2.28. The number of amides is 1. The van der Waals surface area contributed by atoms with E-state index in [9.17, 15) is 9.90 Å². The van der Waals surface area contributed by atoms with Crippen molar-refractivity contribution < 1.29 is 9.90 Å². The van der Waals surface area contributed by atoms with E-state index in [0.717, 1.165) is 22.3 Å². The average molecular weight is 411 g/mol. The molecule has 4 aromatic rings. The van der Waals surface area contributed by atoms with E-state index in [0.29, 0.717) is 37.6 Å². The van der Waals surface area contributed by atoms with Crippen LogP contribution in [-0.2, 0) is 0 Å². The van der Waals surface area contributed by atoms with Gasteiger partial charge in [0.05, 0.1) is 5.52 Å². The fourth-order valence-corrected chi connectivity index (χ4v) is 3.87. The van der Waals surface area contributed by atoms with Crippen LogP contribution in [0.15, 0.2) is 73.1 Å². The molecule has 1 aliphatic heterocycles. The minimum Gasteiger partial charge on any atom is -0.508 e. The molecule has 2 aromatic heterocycles. The minimum atomic E-state index is -0.0702. The summed E-state index contributed by atoms with van der Waals surface area (Å²) in [6.45, 7) is 2.49. The molecule has 7 heteroatoms. The van der Waals surface area contributed by atoms with E-state index in [-0.39, 0.29) is 11.7 Å². The van der Waals surface area contributed by atoms with E-state index < -0.39 is 0 Å². The fraction of sp³-hybridized carbons (Fsp3) is 0.167. The zero-order valence-electron chi connectivity index (χ0n) is 16.8. The van der Waals surface area contributed by atoms with Crippen LogP contribution in [0.1, 0.15) is 10.4 Å². The van der Waals surface area contributed by atoms with E-state index in [2.05, 4.69) is 9.88 Å². The van der Waals surface area contributed by atoms with Crippen molar-refractivity contribution in [1.82, 2.24) is 19.9 Å². The van der Waals surface area contributed by atoms with Gasteiger partial charge in [0.2, 0.25) is 0 Å². The number of aromatic nitrogens is 3. The smallest absolute Gasteiger partial charge is 0.254 e. The van der Waals surface area contributed by atoms with Crippen LogP contribution in [0.25, 0.3) is 22.3 Å². The maximum Gasteiger partial charge on any atom is 0.254 e. The number of carbonyl (C=O) groups is 1. The molecule has 7 nitrogen and oxygen atoms in total. The summed E-state index contributed by atoms with van der Waals surface area (Å²) in [5.41, 5.74) is 2.25. The predicted octanol–water partition coefficient (Wildman–Crippen LogP) is 3.36. The van der Waals surface area contributed by atoms with Crippen LogP contribution < -0.4 is 4.90 Å². The van der Waals surface area contributed by atoms with Crippen molar-refractivity contribution in [3.63, 3.8) is 0 Å². The number of carbonyl (C=O) groups excluding carboxylic acids is 1. The molecule has 0 spiro atoms. The van der Waals surface area contributed by atoms with E-state index in [1.807, 2.05) is 41.3 Å². The highest BCUT2D eigenvalue weighted by atomic mass is 16.3. The van der Waals surface area contributed by atoms with Gasteiger partial charge in [-0.1, -0.05) is 18.2 Å². The number of para-hydroxylation sites is 1. The summed E-state index contributed by atoms with van der Waals surface area (Å²) in [5.74, 6) is 1.54. The normalized spacial score (nSPS) is 14.1. The molecule has 5 rings (SSSR count). The first kappa shape index (κ1) is 19.0. The number of pyridine rings is 1. The van der Waals surface area contributed by atoms with Crippen LogP contribution >= 0.6 is 0 Å². The molecule has 1 amide bonds. The van der Waals surface area contributed by atoms with Gasteiger partial charge in [-0.2, -0.15) is 0 Å². The number of anilines is 1. The SMILES string of the molecule is O=C(c1cccc(O)c1)N1CCN(c2nc(-c3cccnc3)nc3ccccc23)CC1. The maximum absolute atomic E-state index is 12.8. The number of hydrogen-bond acceptors (Lipinski definition) is 6. The number of aromatic hydroxyl groups is 1. The van der Waals surface area contributed by atoms with Gasteiger partial charge in [-0.05, 0) is 42.5 Å². The predicted molar refractivity (Wildman–Crippen MR) is 119 cm³/mol. The number of rotatable bonds is 3. The Kier molecular flexibility index (Phi) is 4.92. The Morgan fingerprint density at radius 1 is 0.903 bits per heavy atom. The topological polar surface area (TPSA) is 82.5 Å². The monoisotopic (exact) mass is 411 g/mol. The summed E-state index contributed by atoms with van der Waals surface area (Å²) in [6.07, 6.45) is 3.49. The fourth-order valence-electron chi connectivity index (χ4n) is 3.87. The first-order valence-corrected chi connectivity index (χ1v) is 10.2. The highest BCUT2D eigenvalue weighted by molar-refractivity contribution is 5.95. The van der Waals surface area contributed by atoms with Gasteiger partial charge >= 0.3 is 0 Å². The van der Waals surface area contributed by atoms with Crippen molar-refractivity contribution in [2.45, 2.75) is 0 Å². The number of fused-ring (bicyclic) bond motifs is 1. The number of phenolic OH excluding ortho intramolecular Hbond substituents is 1. The third-order valence-electron chi connectivity index (χ3n) is 5.46. The molecule has 0 atom stereocenters. The van der Waals surface area contributed by atoms with Crippen LogP contribution in [-0.4, -0.2) is 57.0 Å². The van der Waals surface area contributed by atoms with Crippen LogP contribution in [0.2, 0.25) is 0 Å². The Hall–Kier alpha value is -4.00. The molecule has 1 saturated heterocycles. The Morgan fingerprint density at radius 2 is 1.74 bits per heavy atom. The lowest BCUT2D eigenvalue weighted by Crippen LogP contribution is -2.49. The summed E-state index contributed by atoms with van der Waals surface area (Å²) in [7, 11) is 0. The Bertz CT molecular complexity index is 1240. The largest absolute Gasteiger partial charge is 0.508 e. The molecule has 1 fully saturated rings. The molecule has 0 unspecified atom stereocenters. The third-order valence-corrected chi connectivity index (χ3v) is 5.46. The first-order chi connectivity index (χ1) is 15.2. The van der Waals surface area contributed by atoms with Crippen molar-refractivity contribution >= 4 is 22.6 Å². The molecule has 0 radical (unpaired) electrons. The standard InChI is InChI=1S/C24H21N5O2/c30-19-7-3-5-17(15-19)24(31)29-13-11-28(12-14-29)23-20-8-1-2-9-21(20)26-22(27-23)18-6-4-10-25-16-18/h1-10,15-16,30H,11-14H2. The van der Waals surface area contributed by atoms with E-state index in [1.54, 1.807) is 30.6 Å². The second kappa shape index (κ2) is 8.02. The number of phenols is 1. The van der Waals surface area contributed by atoms with Crippen molar-refractivity contribution in [2.24, 2.45) is 0 Å². The van der Waals surface area contributed by atoms with Gasteiger partial charge in [0, 0.05) is 55.1 Å². The molecular formula is C24H21N5O2. The second-order valence-electron chi connectivity index (χ2n) is 7.46. The summed E-state index contributed by atoms with van der Waals surface area (Å²) >= 11 is 0. The Morgan fingerprint density at radius 3 is 2.52 bits per heavy atom. The minimum absolute atomic E-state index is 0.0702. The Balaban J connectivity index is 1.42. The molecule has 0 bridgehead atoms. The second-order valence-corrected chi connectivity index (χ2v) is 7.46. The molecule has 3 heterocycles. The maximum atomic E-state index is 12.8. The lowest BCUT2D eigenvalue weighted by atomic mass is 10.1. The molecule has 31 heavy (non-hydrogen) atoms. The average Bonchev–Trinajstić information content (AvgIpc) is 2.83. The van der Waals surface area contributed by atoms with Crippen molar-refractivity contribution in [3.05, 3.63) is 78.6 Å². The third kappa shape index (κ3) is 3.77. The van der Waals surface area contributed by atoms with Gasteiger partial charge in [0.15, 0.2) is 5.82 Å². The molecule has 2 aromatic carbocycles. The van der Waals surface area contributed by atoms with Gasteiger partial charge in [0.1, 0.15) is 11.6 Å². The molecule has 154 valence electrons. The van der Waals surface area contributed by atoms with Gasteiger partial charge in [-0.3, -0.25) is 9.78 Å². The first-order valence-electron chi connectivity index (χ1n) is 10.2. The molecule has 1 N–H and O–H groups in total. The van der Waals surface area contributed by atoms with E-state index in [4.69, 9.17) is 9.97 Å². The zero-order chi connectivity index (χ0) is 21.2. The van der Waals surface area contributed by atoms with Crippen LogP contribution in [0.4, 0.5) is 5.82 Å². The summed E-state index contributed by atoms with van der Waals surface area (Å²) in [5, 5.41) is 10.7. The van der Waals surface area contributed by atoms with Crippen LogP contribution in [0.5, 0.6) is 5.75 Å². The van der Waals surface area contributed by atoms with Gasteiger partial charge in [-0.15, -0.1) is 0 Å². The summed E-state index contributed by atoms with van der Waals surface area (Å²) in [4.78, 5) is 30.6. The van der Waals surface area contributed by atoms with Crippen molar-refractivity contribution in [3.8, 4) is 17.1 Å². The van der Waals surface area contributed by atoms with Crippen LogP contribution in [0.3, 0.4) is 0 Å². The lowest BCUT2D eigenvalue weighted by Gasteiger charge is -2.36.